The molecule has 2 amide bonds. The number of carboxylic acid groups (broad SMARTS) is 1. The number of carboxylic acids is 1. The zero-order chi connectivity index (χ0) is 14.2. The quantitative estimate of drug-likeness (QED) is 0.389. The first-order chi connectivity index (χ1) is 8.90. The van der Waals surface area contributed by atoms with E-state index in [-0.39, 0.29) is 18.7 Å². The maximum Gasteiger partial charge on any atom is 0.345 e. The van der Waals surface area contributed by atoms with Gasteiger partial charge in [0.05, 0.1) is 11.9 Å². The minimum atomic E-state index is -1.87. The molecule has 10 nitrogen and oxygen atoms in total. The Morgan fingerprint density at radius 3 is 2.58 bits per heavy atom. The largest absolute Gasteiger partial charge is 0.480 e. The van der Waals surface area contributed by atoms with Crippen molar-refractivity contribution < 1.29 is 24.9 Å². The van der Waals surface area contributed by atoms with E-state index >= 15 is 0 Å². The van der Waals surface area contributed by atoms with Crippen molar-refractivity contribution >= 4 is 12.0 Å². The Balaban J connectivity index is 2.22. The van der Waals surface area contributed by atoms with Gasteiger partial charge in [0.2, 0.25) is 0 Å². The Bertz CT molecular complexity index is 561. The number of H-pyrrole nitrogens is 1. The minimum Gasteiger partial charge on any atom is -0.480 e. The van der Waals surface area contributed by atoms with Crippen molar-refractivity contribution in [2.75, 3.05) is 11.6 Å². The van der Waals surface area contributed by atoms with E-state index in [1.807, 2.05) is 0 Å². The molecule has 1 aromatic rings. The molecule has 0 spiro atoms. The zero-order valence-electron chi connectivity index (χ0n) is 9.61. The standard InChI is InChI=1S/C9H12N4O6/c14-6(15)4-1-2-12(8(18)10-4)13-3-5(7(16)17)11-9(13)19/h3-4,7,16-17H,1-2H2,(H,10,18)(H,11,19)(H,14,15). The molecule has 104 valence electrons. The van der Waals surface area contributed by atoms with E-state index in [2.05, 4.69) is 10.3 Å². The maximum atomic E-state index is 11.7. The van der Waals surface area contributed by atoms with Crippen molar-refractivity contribution in [1.82, 2.24) is 15.0 Å². The Morgan fingerprint density at radius 2 is 2.11 bits per heavy atom. The van der Waals surface area contributed by atoms with Gasteiger partial charge < -0.3 is 25.6 Å². The Labute approximate surface area is 105 Å². The highest BCUT2D eigenvalue weighted by molar-refractivity contribution is 5.90. The molecule has 0 aromatic carbocycles. The van der Waals surface area contributed by atoms with Gasteiger partial charge in [-0.3, -0.25) is 0 Å². The number of rotatable bonds is 3. The molecule has 5 N–H and O–H groups in total. The number of carbonyl (C=O) groups is 2. The van der Waals surface area contributed by atoms with Crippen LogP contribution in [-0.2, 0) is 4.79 Å². The molecule has 0 radical (unpaired) electrons. The molecule has 2 rings (SSSR count). The summed E-state index contributed by atoms with van der Waals surface area (Å²) < 4.78 is 0.863. The van der Waals surface area contributed by atoms with Crippen molar-refractivity contribution in [2.24, 2.45) is 0 Å². The number of aliphatic hydroxyl groups excluding tert-OH is 1. The molecule has 1 aliphatic rings. The van der Waals surface area contributed by atoms with Gasteiger partial charge in [0, 0.05) is 6.54 Å². The second-order valence-corrected chi connectivity index (χ2v) is 3.98. The van der Waals surface area contributed by atoms with Crippen LogP contribution < -0.4 is 16.0 Å². The average molecular weight is 272 g/mol. The number of urea groups is 1. The third-order valence-corrected chi connectivity index (χ3v) is 2.72. The molecule has 0 aliphatic carbocycles. The predicted octanol–water partition coefficient (Wildman–Crippen LogP) is -2.34. The van der Waals surface area contributed by atoms with Crippen molar-refractivity contribution in [3.05, 3.63) is 22.4 Å². The van der Waals surface area contributed by atoms with Gasteiger partial charge in [-0.15, -0.1) is 0 Å². The molecule has 10 heteroatoms. The lowest BCUT2D eigenvalue weighted by Crippen LogP contribution is -2.60. The molecule has 1 fully saturated rings. The van der Waals surface area contributed by atoms with Gasteiger partial charge in [-0.25, -0.2) is 24.1 Å². The fourth-order valence-corrected chi connectivity index (χ4v) is 1.75. The number of aromatic nitrogens is 2. The molecule has 0 bridgehead atoms. The summed E-state index contributed by atoms with van der Waals surface area (Å²) in [6.07, 6.45) is -0.683. The van der Waals surface area contributed by atoms with Gasteiger partial charge >= 0.3 is 17.7 Å². The number of hydrogen-bond acceptors (Lipinski definition) is 5. The van der Waals surface area contributed by atoms with E-state index in [4.69, 9.17) is 15.3 Å². The number of aromatic amines is 1. The van der Waals surface area contributed by atoms with E-state index in [0.29, 0.717) is 0 Å². The van der Waals surface area contributed by atoms with E-state index in [1.165, 1.54) is 0 Å². The van der Waals surface area contributed by atoms with Crippen LogP contribution in [0, 0.1) is 0 Å². The molecule has 2 heterocycles. The molecule has 1 saturated heterocycles. The summed E-state index contributed by atoms with van der Waals surface area (Å²) in [6, 6.07) is -1.75. The normalized spacial score (nSPS) is 19.6. The lowest BCUT2D eigenvalue weighted by molar-refractivity contribution is -0.139. The van der Waals surface area contributed by atoms with Crippen LogP contribution in [0.3, 0.4) is 0 Å². The number of hydrogen-bond donors (Lipinski definition) is 5. The van der Waals surface area contributed by atoms with Crippen molar-refractivity contribution in [2.45, 2.75) is 18.8 Å². The lowest BCUT2D eigenvalue weighted by atomic mass is 10.2. The van der Waals surface area contributed by atoms with Crippen LogP contribution in [0.5, 0.6) is 0 Å². The van der Waals surface area contributed by atoms with Crippen LogP contribution in [0.4, 0.5) is 4.79 Å². The fraction of sp³-hybridized carbons (Fsp3) is 0.444. The van der Waals surface area contributed by atoms with Gasteiger partial charge in [-0.1, -0.05) is 0 Å². The van der Waals surface area contributed by atoms with Gasteiger partial charge in [-0.2, -0.15) is 0 Å². The summed E-state index contributed by atoms with van der Waals surface area (Å²) in [4.78, 5) is 36.1. The number of aliphatic carboxylic acids is 1. The van der Waals surface area contributed by atoms with Crippen LogP contribution >= 0.6 is 0 Å². The first-order valence-corrected chi connectivity index (χ1v) is 5.39. The van der Waals surface area contributed by atoms with Crippen molar-refractivity contribution in [1.29, 1.82) is 0 Å². The molecule has 1 atom stereocenters. The number of nitrogens with one attached hydrogen (secondary N) is 2. The average Bonchev–Trinajstić information content (AvgIpc) is 2.71. The smallest absolute Gasteiger partial charge is 0.345 e. The summed E-state index contributed by atoms with van der Waals surface area (Å²) in [5, 5.41) is 29.8. The summed E-state index contributed by atoms with van der Waals surface area (Å²) in [6.45, 7) is 0.0154. The Kier molecular flexibility index (Phi) is 3.27. The highest BCUT2D eigenvalue weighted by Crippen LogP contribution is 2.07. The van der Waals surface area contributed by atoms with Gasteiger partial charge in [-0.05, 0) is 6.42 Å². The van der Waals surface area contributed by atoms with Crippen LogP contribution in [0.25, 0.3) is 0 Å². The summed E-state index contributed by atoms with van der Waals surface area (Å²) in [5.41, 5.74) is -0.898. The second-order valence-electron chi connectivity index (χ2n) is 3.98. The predicted molar refractivity (Wildman–Crippen MR) is 59.9 cm³/mol. The van der Waals surface area contributed by atoms with Gasteiger partial charge in [0.1, 0.15) is 6.04 Å². The zero-order valence-corrected chi connectivity index (χ0v) is 9.61. The van der Waals surface area contributed by atoms with E-state index in [1.54, 1.807) is 0 Å². The third kappa shape index (κ3) is 2.44. The van der Waals surface area contributed by atoms with Gasteiger partial charge in [0.25, 0.3) is 0 Å². The molecule has 1 unspecified atom stereocenters. The lowest BCUT2D eigenvalue weighted by Gasteiger charge is -2.30. The molecule has 0 saturated carbocycles. The summed E-state index contributed by atoms with van der Waals surface area (Å²) in [7, 11) is 0. The fourth-order valence-electron chi connectivity index (χ4n) is 1.75. The minimum absolute atomic E-state index is 0.0154. The Morgan fingerprint density at radius 1 is 1.42 bits per heavy atom. The summed E-state index contributed by atoms with van der Waals surface area (Å²) in [5.74, 6) is -1.15. The highest BCUT2D eigenvalue weighted by Gasteiger charge is 2.31. The first kappa shape index (κ1) is 13.1. The molecule has 1 aliphatic heterocycles. The molecule has 19 heavy (non-hydrogen) atoms. The van der Waals surface area contributed by atoms with Crippen LogP contribution in [0.1, 0.15) is 18.4 Å². The Hall–Kier alpha value is -2.33. The molecular weight excluding hydrogens is 260 g/mol. The molecule has 1 aromatic heterocycles. The number of aliphatic hydroxyl groups is 2. The van der Waals surface area contributed by atoms with Crippen molar-refractivity contribution in [3.8, 4) is 0 Å². The maximum absolute atomic E-state index is 11.7. The third-order valence-electron chi connectivity index (χ3n) is 2.72. The van der Waals surface area contributed by atoms with E-state index in [9.17, 15) is 14.4 Å². The van der Waals surface area contributed by atoms with Crippen LogP contribution in [0.2, 0.25) is 0 Å². The van der Waals surface area contributed by atoms with Gasteiger partial charge in [0.15, 0.2) is 6.29 Å². The number of carbonyl (C=O) groups excluding carboxylic acids is 1. The topological polar surface area (TPSA) is 148 Å². The van der Waals surface area contributed by atoms with Crippen molar-refractivity contribution in [3.63, 3.8) is 0 Å². The number of amides is 2. The SMILES string of the molecule is O=C(O)C1CCN(n2cc(C(O)O)[nH]c2=O)C(=O)N1. The van der Waals surface area contributed by atoms with Crippen LogP contribution in [-0.4, -0.2) is 49.6 Å². The monoisotopic (exact) mass is 272 g/mol. The second kappa shape index (κ2) is 4.74. The first-order valence-electron chi connectivity index (χ1n) is 5.39. The number of imidazole rings is 1. The van der Waals surface area contributed by atoms with Crippen LogP contribution in [0.15, 0.2) is 11.0 Å². The highest BCUT2D eigenvalue weighted by atomic mass is 16.5. The van der Waals surface area contributed by atoms with E-state index in [0.717, 1.165) is 15.9 Å². The molecular formula is C9H12N4O6. The van der Waals surface area contributed by atoms with E-state index < -0.39 is 30.0 Å². The number of nitrogens with zero attached hydrogens (tertiary/aromatic N) is 2. The summed E-state index contributed by atoms with van der Waals surface area (Å²) >= 11 is 0.